The largest absolute Gasteiger partial charge is 0.494 e. The summed E-state index contributed by atoms with van der Waals surface area (Å²) in [6.07, 6.45) is -0.0446. The number of esters is 1. The maximum absolute atomic E-state index is 12.0. The average molecular weight is 306 g/mol. The highest BCUT2D eigenvalue weighted by Gasteiger charge is 2.36. The first kappa shape index (κ1) is 17.0. The van der Waals surface area contributed by atoms with Crippen LogP contribution in [0.3, 0.4) is 0 Å². The van der Waals surface area contributed by atoms with E-state index in [0.717, 1.165) is 5.46 Å². The topological polar surface area (TPSA) is 65.0 Å². The molecule has 2 unspecified atom stereocenters. The van der Waals surface area contributed by atoms with Crippen LogP contribution < -0.4 is 5.46 Å². The molecule has 1 aliphatic heterocycles. The summed E-state index contributed by atoms with van der Waals surface area (Å²) in [5.74, 6) is -0.303. The van der Waals surface area contributed by atoms with Gasteiger partial charge in [0.2, 0.25) is 0 Å². The van der Waals surface area contributed by atoms with E-state index in [1.807, 2.05) is 51.1 Å². The molecule has 1 aromatic carbocycles. The van der Waals surface area contributed by atoms with Crippen molar-refractivity contribution < 1.29 is 23.9 Å². The van der Waals surface area contributed by atoms with Crippen LogP contribution in [-0.4, -0.2) is 42.6 Å². The Morgan fingerprint density at radius 1 is 1.27 bits per heavy atom. The van der Waals surface area contributed by atoms with Crippen LogP contribution in [-0.2, 0) is 18.8 Å². The Kier molecular flexibility index (Phi) is 5.61. The molecule has 1 saturated heterocycles. The molecule has 0 amide bonds. The zero-order chi connectivity index (χ0) is 16.2. The van der Waals surface area contributed by atoms with Crippen molar-refractivity contribution in [3.8, 4) is 0 Å². The molecule has 6 heteroatoms. The molecule has 1 N–H and O–H groups in total. The van der Waals surface area contributed by atoms with Crippen LogP contribution in [0.4, 0.5) is 0 Å². The lowest BCUT2D eigenvalue weighted by Crippen LogP contribution is -2.50. The van der Waals surface area contributed by atoms with Gasteiger partial charge in [0, 0.05) is 0 Å². The molecule has 120 valence electrons. The first-order valence-electron chi connectivity index (χ1n) is 7.56. The second-order valence-electron chi connectivity index (χ2n) is 6.47. The van der Waals surface area contributed by atoms with Gasteiger partial charge in [0.25, 0.3) is 0 Å². The minimum atomic E-state index is -0.570. The van der Waals surface area contributed by atoms with Gasteiger partial charge in [-0.05, 0) is 32.7 Å². The van der Waals surface area contributed by atoms with Crippen LogP contribution in [0, 0.1) is 0 Å². The maximum Gasteiger partial charge on any atom is 0.494 e. The fourth-order valence-corrected chi connectivity index (χ4v) is 2.37. The minimum Gasteiger partial charge on any atom is -0.460 e. The predicted octanol–water partition coefficient (Wildman–Crippen LogP) is 1.28. The van der Waals surface area contributed by atoms with E-state index in [-0.39, 0.29) is 31.2 Å². The lowest BCUT2D eigenvalue weighted by Gasteiger charge is -2.33. The molecule has 2 atom stereocenters. The summed E-state index contributed by atoms with van der Waals surface area (Å²) in [5.41, 5.74) is 0.354. The van der Waals surface area contributed by atoms with Crippen LogP contribution in [0.2, 0.25) is 0 Å². The molecule has 1 heterocycles. The van der Waals surface area contributed by atoms with Gasteiger partial charge in [-0.25, -0.2) is 0 Å². The predicted molar refractivity (Wildman–Crippen MR) is 83.7 cm³/mol. The van der Waals surface area contributed by atoms with Crippen LogP contribution in [0.5, 0.6) is 0 Å². The summed E-state index contributed by atoms with van der Waals surface area (Å²) < 4.78 is 16.9. The van der Waals surface area contributed by atoms with Crippen LogP contribution in [0.25, 0.3) is 0 Å². The number of aliphatic hydroxyl groups is 1. The van der Waals surface area contributed by atoms with Gasteiger partial charge in [-0.3, -0.25) is 4.79 Å². The standard InChI is InChI=1S/C16H23BO5/c1-16(2,3)20-15(19)10-13-9-14(11-18)22-17(21-13)12-7-5-4-6-8-12/h4-8,13-14,18H,9-11H2,1-3H3. The molecule has 0 aliphatic carbocycles. The number of hydrogen-bond acceptors (Lipinski definition) is 5. The molecule has 5 nitrogen and oxygen atoms in total. The third-order valence-electron chi connectivity index (χ3n) is 3.25. The quantitative estimate of drug-likeness (QED) is 0.670. The molecule has 1 aromatic rings. The highest BCUT2D eigenvalue weighted by atomic mass is 16.6. The number of benzene rings is 1. The van der Waals surface area contributed by atoms with Crippen molar-refractivity contribution in [3.63, 3.8) is 0 Å². The Balaban J connectivity index is 2.00. The summed E-state index contributed by atoms with van der Waals surface area (Å²) in [6, 6.07) is 9.50. The van der Waals surface area contributed by atoms with Gasteiger partial charge >= 0.3 is 13.1 Å². The number of aliphatic hydroxyl groups excluding tert-OH is 1. The van der Waals surface area contributed by atoms with E-state index in [1.54, 1.807) is 0 Å². The molecular weight excluding hydrogens is 283 g/mol. The number of hydrogen-bond donors (Lipinski definition) is 1. The molecule has 1 fully saturated rings. The second-order valence-corrected chi connectivity index (χ2v) is 6.47. The molecule has 0 radical (unpaired) electrons. The van der Waals surface area contributed by atoms with Crippen molar-refractivity contribution in [2.24, 2.45) is 0 Å². The lowest BCUT2D eigenvalue weighted by atomic mass is 9.76. The SMILES string of the molecule is CC(C)(C)OC(=O)CC1CC(CO)OB(c2ccccc2)O1. The van der Waals surface area contributed by atoms with E-state index in [2.05, 4.69) is 0 Å². The van der Waals surface area contributed by atoms with Crippen LogP contribution in [0.1, 0.15) is 33.6 Å². The summed E-state index contributed by atoms with van der Waals surface area (Å²) in [4.78, 5) is 12.0. The summed E-state index contributed by atoms with van der Waals surface area (Å²) in [7, 11) is -0.570. The van der Waals surface area contributed by atoms with Gasteiger partial charge in [-0.1, -0.05) is 30.3 Å². The van der Waals surface area contributed by atoms with E-state index in [1.165, 1.54) is 0 Å². The van der Waals surface area contributed by atoms with Crippen molar-refractivity contribution in [3.05, 3.63) is 30.3 Å². The number of carbonyl (C=O) groups is 1. The zero-order valence-corrected chi connectivity index (χ0v) is 13.3. The Labute approximate surface area is 131 Å². The second kappa shape index (κ2) is 7.27. The fraction of sp³-hybridized carbons (Fsp3) is 0.562. The summed E-state index contributed by atoms with van der Waals surface area (Å²) >= 11 is 0. The minimum absolute atomic E-state index is 0.0997. The molecule has 22 heavy (non-hydrogen) atoms. The third kappa shape index (κ3) is 5.12. The number of carbonyl (C=O) groups excluding carboxylic acids is 1. The smallest absolute Gasteiger partial charge is 0.460 e. The molecule has 0 spiro atoms. The Bertz CT molecular complexity index is 485. The average Bonchev–Trinajstić information content (AvgIpc) is 2.45. The van der Waals surface area contributed by atoms with E-state index in [0.29, 0.717) is 6.42 Å². The highest BCUT2D eigenvalue weighted by Crippen LogP contribution is 2.20. The van der Waals surface area contributed by atoms with Gasteiger partial charge in [-0.2, -0.15) is 0 Å². The first-order valence-corrected chi connectivity index (χ1v) is 7.56. The van der Waals surface area contributed by atoms with Crippen molar-refractivity contribution in [2.45, 2.75) is 51.4 Å². The Morgan fingerprint density at radius 2 is 1.91 bits per heavy atom. The normalized spacial score (nSPS) is 22.5. The Hall–Kier alpha value is -1.37. The van der Waals surface area contributed by atoms with Gasteiger partial charge < -0.3 is 19.2 Å². The zero-order valence-electron chi connectivity index (χ0n) is 13.3. The van der Waals surface area contributed by atoms with Gasteiger partial charge in [0.05, 0.1) is 25.2 Å². The van der Waals surface area contributed by atoms with E-state index in [9.17, 15) is 9.90 Å². The van der Waals surface area contributed by atoms with Gasteiger partial charge in [0.15, 0.2) is 0 Å². The van der Waals surface area contributed by atoms with E-state index < -0.39 is 12.7 Å². The lowest BCUT2D eigenvalue weighted by molar-refractivity contribution is -0.158. The number of ether oxygens (including phenoxy) is 1. The monoisotopic (exact) mass is 306 g/mol. The molecule has 0 aromatic heterocycles. The third-order valence-corrected chi connectivity index (χ3v) is 3.25. The maximum atomic E-state index is 12.0. The number of rotatable bonds is 4. The van der Waals surface area contributed by atoms with Crippen LogP contribution >= 0.6 is 0 Å². The summed E-state index contributed by atoms with van der Waals surface area (Å²) in [6.45, 7) is 5.40. The first-order chi connectivity index (χ1) is 10.4. The molecule has 2 rings (SSSR count). The molecular formula is C16H23BO5. The highest BCUT2D eigenvalue weighted by molar-refractivity contribution is 6.61. The van der Waals surface area contributed by atoms with Gasteiger partial charge in [-0.15, -0.1) is 0 Å². The fourth-order valence-electron chi connectivity index (χ4n) is 2.37. The van der Waals surface area contributed by atoms with Crippen molar-refractivity contribution >= 4 is 18.6 Å². The van der Waals surface area contributed by atoms with Crippen molar-refractivity contribution in [2.75, 3.05) is 6.61 Å². The van der Waals surface area contributed by atoms with Crippen molar-refractivity contribution in [1.29, 1.82) is 0 Å². The van der Waals surface area contributed by atoms with E-state index >= 15 is 0 Å². The summed E-state index contributed by atoms with van der Waals surface area (Å²) in [5, 5.41) is 9.40. The van der Waals surface area contributed by atoms with E-state index in [4.69, 9.17) is 14.0 Å². The molecule has 0 bridgehead atoms. The molecule has 0 saturated carbocycles. The van der Waals surface area contributed by atoms with Gasteiger partial charge in [0.1, 0.15) is 5.60 Å². The van der Waals surface area contributed by atoms with Crippen LogP contribution in [0.15, 0.2) is 30.3 Å². The Morgan fingerprint density at radius 3 is 2.50 bits per heavy atom. The molecule has 1 aliphatic rings. The van der Waals surface area contributed by atoms with Crippen molar-refractivity contribution in [1.82, 2.24) is 0 Å².